The van der Waals surface area contributed by atoms with Gasteiger partial charge in [0, 0.05) is 62.5 Å². The minimum Gasteiger partial charge on any atom is -0.477 e. The quantitative estimate of drug-likeness (QED) is 0.225. The lowest BCUT2D eigenvalue weighted by Crippen LogP contribution is -2.49. The normalized spacial score (nSPS) is 15.0. The van der Waals surface area contributed by atoms with E-state index >= 15 is 4.39 Å². The van der Waals surface area contributed by atoms with Crippen LogP contribution in [0.5, 0.6) is 0 Å². The van der Waals surface area contributed by atoms with Gasteiger partial charge in [0.15, 0.2) is 12.4 Å². The Morgan fingerprint density at radius 3 is 2.34 bits per heavy atom. The van der Waals surface area contributed by atoms with Gasteiger partial charge >= 0.3 is 5.97 Å². The van der Waals surface area contributed by atoms with Crippen molar-refractivity contribution >= 4 is 34.4 Å². The molecular weight excluding hydrogens is 565 g/mol. The molecule has 11 heteroatoms. The van der Waals surface area contributed by atoms with Gasteiger partial charge < -0.3 is 24.8 Å². The van der Waals surface area contributed by atoms with Gasteiger partial charge in [-0.3, -0.25) is 14.4 Å². The largest absolute Gasteiger partial charge is 0.477 e. The minimum atomic E-state index is -1.32. The molecular formula is C33H41FN5O5+. The maximum Gasteiger partial charge on any atom is 0.341 e. The molecule has 2 N–H and O–H groups in total. The highest BCUT2D eigenvalue weighted by Crippen LogP contribution is 2.38. The molecule has 1 saturated carbocycles. The average molecular weight is 607 g/mol. The second-order valence-corrected chi connectivity index (χ2v) is 11.8. The van der Waals surface area contributed by atoms with Crippen LogP contribution in [0.1, 0.15) is 85.0 Å². The lowest BCUT2D eigenvalue weighted by Gasteiger charge is -2.36. The zero-order chi connectivity index (χ0) is 31.2. The van der Waals surface area contributed by atoms with Gasteiger partial charge in [0.1, 0.15) is 11.4 Å². The zero-order valence-electron chi connectivity index (χ0n) is 25.3. The zero-order valence-corrected chi connectivity index (χ0v) is 25.3. The number of carbonyl (C=O) groups is 3. The summed E-state index contributed by atoms with van der Waals surface area (Å²) in [5.41, 5.74) is 0.315. The standard InChI is InChI=1S/C33H40FN5O5/c1-2-3-4-5-6-7-12-35-30(40)22-36-13-10-23(11-14-36)32(42)38-17-15-37(16-18-38)29-20-28-25(19-27(29)34)31(41)26(33(43)44)21-39(28)24-8-9-24/h10-11,13-14,19-21,24H,2-9,12,15-18,22H2,1H3,(H-,35,40,43,44)/p+1. The number of fused-ring (bicyclic) bond motifs is 1. The van der Waals surface area contributed by atoms with Crippen molar-refractivity contribution in [3.8, 4) is 0 Å². The third kappa shape index (κ3) is 7.26. The number of anilines is 1. The number of hydrogen-bond acceptors (Lipinski definition) is 5. The van der Waals surface area contributed by atoms with E-state index in [0.29, 0.717) is 49.5 Å². The number of carbonyl (C=O) groups excluding carboxylic acids is 2. The first-order valence-corrected chi connectivity index (χ1v) is 15.7. The van der Waals surface area contributed by atoms with Crippen LogP contribution in [0.15, 0.2) is 47.7 Å². The molecule has 0 spiro atoms. The molecule has 2 fully saturated rings. The molecule has 5 rings (SSSR count). The first-order valence-electron chi connectivity index (χ1n) is 15.7. The Hall–Kier alpha value is -4.28. The molecule has 3 aromatic rings. The van der Waals surface area contributed by atoms with Crippen molar-refractivity contribution in [3.63, 3.8) is 0 Å². The van der Waals surface area contributed by atoms with E-state index in [4.69, 9.17) is 0 Å². The maximum atomic E-state index is 15.3. The van der Waals surface area contributed by atoms with Crippen molar-refractivity contribution in [3.05, 3.63) is 70.0 Å². The molecule has 44 heavy (non-hydrogen) atoms. The Morgan fingerprint density at radius 2 is 1.68 bits per heavy atom. The summed E-state index contributed by atoms with van der Waals surface area (Å²) in [6, 6.07) is 6.28. The molecule has 0 unspecified atom stereocenters. The van der Waals surface area contributed by atoms with Crippen LogP contribution in [0.4, 0.5) is 10.1 Å². The predicted molar refractivity (Wildman–Crippen MR) is 165 cm³/mol. The van der Waals surface area contributed by atoms with Crippen LogP contribution in [-0.2, 0) is 11.3 Å². The average Bonchev–Trinajstić information content (AvgIpc) is 3.86. The van der Waals surface area contributed by atoms with Gasteiger partial charge in [0.2, 0.25) is 12.0 Å². The lowest BCUT2D eigenvalue weighted by molar-refractivity contribution is -0.684. The Bertz CT molecular complexity index is 1580. The number of unbranched alkanes of at least 4 members (excludes halogenated alkanes) is 5. The molecule has 1 aromatic carbocycles. The van der Waals surface area contributed by atoms with Crippen molar-refractivity contribution in [2.45, 2.75) is 70.9 Å². The SMILES string of the molecule is CCCCCCCCNC(=O)C[n+]1ccc(C(=O)N2CCN(c3cc4c(cc3F)c(=O)c(C(=O)O)cn4C3CC3)CC2)cc1. The minimum absolute atomic E-state index is 0.0588. The van der Waals surface area contributed by atoms with Gasteiger partial charge in [-0.1, -0.05) is 39.0 Å². The number of hydrogen-bond donors (Lipinski definition) is 2. The van der Waals surface area contributed by atoms with Crippen LogP contribution in [-0.4, -0.2) is 65.1 Å². The highest BCUT2D eigenvalue weighted by Gasteiger charge is 2.29. The number of aromatic nitrogens is 2. The van der Waals surface area contributed by atoms with E-state index < -0.39 is 17.2 Å². The van der Waals surface area contributed by atoms with Crippen LogP contribution in [0.2, 0.25) is 0 Å². The molecule has 1 aliphatic carbocycles. The summed E-state index contributed by atoms with van der Waals surface area (Å²) in [6.45, 7) is 4.63. The summed E-state index contributed by atoms with van der Waals surface area (Å²) in [5.74, 6) is -2.11. The summed E-state index contributed by atoms with van der Waals surface area (Å²) in [6.07, 6.45) is 13.6. The molecule has 0 radical (unpaired) electrons. The van der Waals surface area contributed by atoms with Gasteiger partial charge in [-0.15, -0.1) is 0 Å². The molecule has 2 aromatic heterocycles. The Kier molecular flexibility index (Phi) is 9.92. The van der Waals surface area contributed by atoms with E-state index in [1.54, 1.807) is 44.6 Å². The van der Waals surface area contributed by atoms with Gasteiger partial charge in [0.05, 0.1) is 16.8 Å². The van der Waals surface area contributed by atoms with Crippen molar-refractivity contribution in [2.75, 3.05) is 37.6 Å². The molecule has 234 valence electrons. The number of benzene rings is 1. The third-order valence-corrected chi connectivity index (χ3v) is 8.50. The predicted octanol–water partition coefficient (Wildman–Crippen LogP) is 3.90. The van der Waals surface area contributed by atoms with Gasteiger partial charge in [0.25, 0.3) is 11.8 Å². The van der Waals surface area contributed by atoms with Crippen LogP contribution < -0.4 is 20.2 Å². The van der Waals surface area contributed by atoms with Crippen LogP contribution in [0, 0.1) is 5.82 Å². The summed E-state index contributed by atoms with van der Waals surface area (Å²) >= 11 is 0. The number of pyridine rings is 2. The first kappa shape index (κ1) is 31.2. The van der Waals surface area contributed by atoms with Gasteiger partial charge in [-0.25, -0.2) is 9.18 Å². The number of nitrogens with zero attached hydrogens (tertiary/aromatic N) is 4. The summed E-state index contributed by atoms with van der Waals surface area (Å²) < 4.78 is 18.8. The molecule has 2 amide bonds. The summed E-state index contributed by atoms with van der Waals surface area (Å²) in [5, 5.41) is 12.5. The van der Waals surface area contributed by atoms with E-state index in [1.165, 1.54) is 31.9 Å². The number of piperazine rings is 1. The topological polar surface area (TPSA) is 116 Å². The fourth-order valence-electron chi connectivity index (χ4n) is 5.80. The van der Waals surface area contributed by atoms with E-state index in [2.05, 4.69) is 12.2 Å². The summed E-state index contributed by atoms with van der Waals surface area (Å²) in [7, 11) is 0. The number of carboxylic acids is 1. The van der Waals surface area contributed by atoms with Crippen molar-refractivity contribution < 1.29 is 28.4 Å². The van der Waals surface area contributed by atoms with Crippen LogP contribution in [0.25, 0.3) is 10.9 Å². The molecule has 0 atom stereocenters. The fourth-order valence-corrected chi connectivity index (χ4v) is 5.80. The fraction of sp³-hybridized carbons (Fsp3) is 0.485. The molecule has 0 bridgehead atoms. The van der Waals surface area contributed by atoms with Crippen LogP contribution in [0.3, 0.4) is 0 Å². The first-order chi connectivity index (χ1) is 21.3. The molecule has 1 aliphatic heterocycles. The highest BCUT2D eigenvalue weighted by atomic mass is 19.1. The number of aromatic carboxylic acids is 1. The van der Waals surface area contributed by atoms with E-state index in [0.717, 1.165) is 31.7 Å². The molecule has 2 aliphatic rings. The van der Waals surface area contributed by atoms with E-state index in [1.807, 2.05) is 4.90 Å². The third-order valence-electron chi connectivity index (χ3n) is 8.50. The highest BCUT2D eigenvalue weighted by molar-refractivity contribution is 5.95. The van der Waals surface area contributed by atoms with Crippen molar-refractivity contribution in [1.82, 2.24) is 14.8 Å². The number of rotatable bonds is 13. The second kappa shape index (κ2) is 14.0. The summed E-state index contributed by atoms with van der Waals surface area (Å²) in [4.78, 5) is 53.5. The number of carboxylic acid groups (broad SMARTS) is 1. The Morgan fingerprint density at radius 1 is 1.00 bits per heavy atom. The number of amides is 2. The smallest absolute Gasteiger partial charge is 0.341 e. The Labute approximate surface area is 256 Å². The maximum absolute atomic E-state index is 15.3. The van der Waals surface area contributed by atoms with Crippen molar-refractivity contribution in [2.24, 2.45) is 0 Å². The van der Waals surface area contributed by atoms with Gasteiger partial charge in [-0.05, 0) is 31.4 Å². The van der Waals surface area contributed by atoms with Gasteiger partial charge in [-0.2, -0.15) is 4.57 Å². The number of halogens is 1. The van der Waals surface area contributed by atoms with Crippen molar-refractivity contribution in [1.29, 1.82) is 0 Å². The second-order valence-electron chi connectivity index (χ2n) is 11.8. The molecule has 3 heterocycles. The monoisotopic (exact) mass is 606 g/mol. The van der Waals surface area contributed by atoms with E-state index in [-0.39, 0.29) is 35.4 Å². The lowest BCUT2D eigenvalue weighted by atomic mass is 10.1. The number of nitrogens with one attached hydrogen (secondary N) is 1. The molecule has 10 nitrogen and oxygen atoms in total. The Balaban J connectivity index is 1.16. The van der Waals surface area contributed by atoms with Crippen LogP contribution >= 0.6 is 0 Å². The van der Waals surface area contributed by atoms with E-state index in [9.17, 15) is 24.3 Å². The molecule has 1 saturated heterocycles.